The molecule has 7 nitrogen and oxygen atoms in total. The molecule has 2 aliphatic heterocycles. The van der Waals surface area contributed by atoms with Gasteiger partial charge in [0, 0.05) is 51.3 Å². The predicted molar refractivity (Wildman–Crippen MR) is 92.1 cm³/mol. The molecule has 1 atom stereocenters. The Morgan fingerprint density at radius 1 is 1.29 bits per heavy atom. The van der Waals surface area contributed by atoms with Gasteiger partial charge < -0.3 is 19.9 Å². The molecular formula is C17H27N5O2. The Balaban J connectivity index is 1.46. The van der Waals surface area contributed by atoms with Crippen LogP contribution in [0.15, 0.2) is 12.4 Å². The van der Waals surface area contributed by atoms with Crippen LogP contribution in [0.5, 0.6) is 5.88 Å². The highest BCUT2D eigenvalue weighted by molar-refractivity contribution is 5.76. The number of anilines is 1. The molecule has 0 bridgehead atoms. The Kier molecular flexibility index (Phi) is 5.50. The van der Waals surface area contributed by atoms with E-state index in [2.05, 4.69) is 20.2 Å². The fourth-order valence-corrected chi connectivity index (χ4v) is 3.57. The minimum atomic E-state index is 0.292. The summed E-state index contributed by atoms with van der Waals surface area (Å²) >= 11 is 0. The highest BCUT2D eigenvalue weighted by Crippen LogP contribution is 2.21. The zero-order chi connectivity index (χ0) is 16.9. The number of hydrogen-bond acceptors (Lipinski definition) is 6. The van der Waals surface area contributed by atoms with Crippen LogP contribution in [-0.2, 0) is 4.79 Å². The van der Waals surface area contributed by atoms with Crippen LogP contribution in [0.3, 0.4) is 0 Å². The van der Waals surface area contributed by atoms with Gasteiger partial charge in [-0.15, -0.1) is 0 Å². The number of carbonyl (C=O) groups is 1. The molecule has 2 fully saturated rings. The number of rotatable bonds is 5. The molecule has 1 aromatic heterocycles. The average molecular weight is 333 g/mol. The summed E-state index contributed by atoms with van der Waals surface area (Å²) in [7, 11) is 3.56. The number of hydrogen-bond donors (Lipinski definition) is 1. The summed E-state index contributed by atoms with van der Waals surface area (Å²) in [4.78, 5) is 24.5. The maximum Gasteiger partial charge on any atom is 0.222 e. The van der Waals surface area contributed by atoms with Crippen LogP contribution in [0.2, 0.25) is 0 Å². The van der Waals surface area contributed by atoms with Crippen molar-refractivity contribution in [3.63, 3.8) is 0 Å². The number of aromatic nitrogens is 2. The first kappa shape index (κ1) is 17.0. The lowest BCUT2D eigenvalue weighted by molar-refractivity contribution is -0.135. The van der Waals surface area contributed by atoms with Crippen molar-refractivity contribution >= 4 is 11.7 Å². The third-order valence-electron chi connectivity index (χ3n) is 5.13. The van der Waals surface area contributed by atoms with Gasteiger partial charge in [-0.25, -0.2) is 9.97 Å². The van der Waals surface area contributed by atoms with E-state index in [0.717, 1.165) is 51.1 Å². The lowest BCUT2D eigenvalue weighted by Crippen LogP contribution is -2.50. The number of methoxy groups -OCH3 is 1. The zero-order valence-electron chi connectivity index (χ0n) is 14.6. The first-order valence-corrected chi connectivity index (χ1v) is 8.76. The molecule has 0 aromatic carbocycles. The van der Waals surface area contributed by atoms with Gasteiger partial charge in [0.25, 0.3) is 0 Å². The highest BCUT2D eigenvalue weighted by Gasteiger charge is 2.28. The quantitative estimate of drug-likeness (QED) is 0.878. The van der Waals surface area contributed by atoms with Gasteiger partial charge in [0.05, 0.1) is 7.11 Å². The van der Waals surface area contributed by atoms with E-state index in [-0.39, 0.29) is 0 Å². The SMILES string of the molecule is COc1cc(NC2CCN(CC3CCCC(=O)N3C)CC2)ncn1. The summed E-state index contributed by atoms with van der Waals surface area (Å²) in [6.45, 7) is 3.10. The van der Waals surface area contributed by atoms with Crippen molar-refractivity contribution in [2.24, 2.45) is 0 Å². The summed E-state index contributed by atoms with van der Waals surface area (Å²) in [5.41, 5.74) is 0. The second-order valence-corrected chi connectivity index (χ2v) is 6.72. The molecule has 3 heterocycles. The molecule has 0 aliphatic carbocycles. The second-order valence-electron chi connectivity index (χ2n) is 6.72. The summed E-state index contributed by atoms with van der Waals surface area (Å²) in [5.74, 6) is 1.69. The summed E-state index contributed by atoms with van der Waals surface area (Å²) in [6.07, 6.45) is 6.55. The van der Waals surface area contributed by atoms with Crippen LogP contribution in [0.1, 0.15) is 32.1 Å². The minimum absolute atomic E-state index is 0.292. The van der Waals surface area contributed by atoms with Crippen LogP contribution in [-0.4, -0.2) is 71.6 Å². The first-order chi connectivity index (χ1) is 11.7. The number of piperidine rings is 2. The van der Waals surface area contributed by atoms with Crippen LogP contribution in [0, 0.1) is 0 Å². The van der Waals surface area contributed by atoms with Crippen molar-refractivity contribution in [2.45, 2.75) is 44.2 Å². The molecule has 24 heavy (non-hydrogen) atoms. The largest absolute Gasteiger partial charge is 0.481 e. The van der Waals surface area contributed by atoms with E-state index in [1.165, 1.54) is 6.33 Å². The molecule has 1 unspecified atom stereocenters. The Hall–Kier alpha value is -1.89. The standard InChI is InChI=1S/C17H27N5O2/c1-21-14(4-3-5-17(21)23)11-22-8-6-13(7-9-22)20-15-10-16(24-2)19-12-18-15/h10,12-14H,3-9,11H2,1-2H3,(H,18,19,20). The van der Waals surface area contributed by atoms with Gasteiger partial charge in [-0.2, -0.15) is 0 Å². The molecule has 132 valence electrons. The number of nitrogens with zero attached hydrogens (tertiary/aromatic N) is 4. The fraction of sp³-hybridized carbons (Fsp3) is 0.706. The number of likely N-dealkylation sites (N-methyl/N-ethyl adjacent to an activating group) is 1. The maximum absolute atomic E-state index is 11.8. The van der Waals surface area contributed by atoms with Gasteiger partial charge in [-0.1, -0.05) is 0 Å². The third-order valence-corrected chi connectivity index (χ3v) is 5.13. The van der Waals surface area contributed by atoms with Gasteiger partial charge in [-0.05, 0) is 25.7 Å². The molecule has 0 spiro atoms. The van der Waals surface area contributed by atoms with E-state index in [1.807, 2.05) is 18.0 Å². The average Bonchev–Trinajstić information content (AvgIpc) is 2.61. The van der Waals surface area contributed by atoms with Crippen molar-refractivity contribution in [2.75, 3.05) is 39.1 Å². The smallest absolute Gasteiger partial charge is 0.222 e. The predicted octanol–water partition coefficient (Wildman–Crippen LogP) is 1.37. The molecule has 0 radical (unpaired) electrons. The van der Waals surface area contributed by atoms with E-state index >= 15 is 0 Å². The topological polar surface area (TPSA) is 70.6 Å². The summed E-state index contributed by atoms with van der Waals surface area (Å²) in [5, 5.41) is 3.47. The minimum Gasteiger partial charge on any atom is -0.481 e. The van der Waals surface area contributed by atoms with Gasteiger partial charge in [-0.3, -0.25) is 4.79 Å². The van der Waals surface area contributed by atoms with Crippen LogP contribution in [0.4, 0.5) is 5.82 Å². The lowest BCUT2D eigenvalue weighted by atomic mass is 9.99. The molecule has 1 N–H and O–H groups in total. The maximum atomic E-state index is 11.8. The second kappa shape index (κ2) is 7.79. The van der Waals surface area contributed by atoms with Crippen molar-refractivity contribution in [1.82, 2.24) is 19.8 Å². The van der Waals surface area contributed by atoms with E-state index in [0.29, 0.717) is 30.3 Å². The Morgan fingerprint density at radius 2 is 2.08 bits per heavy atom. The van der Waals surface area contributed by atoms with Crippen molar-refractivity contribution in [1.29, 1.82) is 0 Å². The van der Waals surface area contributed by atoms with Crippen molar-refractivity contribution in [3.8, 4) is 5.88 Å². The fourth-order valence-electron chi connectivity index (χ4n) is 3.57. The molecule has 1 amide bonds. The number of nitrogens with one attached hydrogen (secondary N) is 1. The van der Waals surface area contributed by atoms with Gasteiger partial charge in [0.15, 0.2) is 0 Å². The Morgan fingerprint density at radius 3 is 2.83 bits per heavy atom. The van der Waals surface area contributed by atoms with Crippen molar-refractivity contribution < 1.29 is 9.53 Å². The van der Waals surface area contributed by atoms with Crippen LogP contribution < -0.4 is 10.1 Å². The first-order valence-electron chi connectivity index (χ1n) is 8.76. The van der Waals surface area contributed by atoms with Crippen LogP contribution >= 0.6 is 0 Å². The van der Waals surface area contributed by atoms with Crippen molar-refractivity contribution in [3.05, 3.63) is 12.4 Å². The van der Waals surface area contributed by atoms with E-state index in [9.17, 15) is 4.79 Å². The number of amides is 1. The summed E-state index contributed by atoms with van der Waals surface area (Å²) in [6, 6.07) is 2.63. The number of carbonyl (C=O) groups excluding carboxylic acids is 1. The lowest BCUT2D eigenvalue weighted by Gasteiger charge is -2.39. The van der Waals surface area contributed by atoms with Gasteiger partial charge in [0.2, 0.25) is 11.8 Å². The van der Waals surface area contributed by atoms with Gasteiger partial charge >= 0.3 is 0 Å². The third kappa shape index (κ3) is 4.14. The summed E-state index contributed by atoms with van der Waals surface area (Å²) < 4.78 is 5.13. The molecule has 1 aromatic rings. The Labute approximate surface area is 143 Å². The monoisotopic (exact) mass is 333 g/mol. The molecule has 2 aliphatic rings. The molecule has 0 saturated carbocycles. The van der Waals surface area contributed by atoms with E-state index in [4.69, 9.17) is 4.74 Å². The highest BCUT2D eigenvalue weighted by atomic mass is 16.5. The molecule has 7 heteroatoms. The van der Waals surface area contributed by atoms with Crippen LogP contribution in [0.25, 0.3) is 0 Å². The van der Waals surface area contributed by atoms with E-state index < -0.39 is 0 Å². The normalized spacial score (nSPS) is 23.3. The van der Waals surface area contributed by atoms with E-state index in [1.54, 1.807) is 7.11 Å². The Bertz CT molecular complexity index is 560. The molecule has 2 saturated heterocycles. The van der Waals surface area contributed by atoms with Gasteiger partial charge in [0.1, 0.15) is 12.1 Å². The molecule has 3 rings (SSSR count). The number of likely N-dealkylation sites (tertiary alicyclic amines) is 2. The number of ether oxygens (including phenoxy) is 1. The molecular weight excluding hydrogens is 306 g/mol. The zero-order valence-corrected chi connectivity index (χ0v) is 14.6.